The molecule has 1 aromatic carbocycles. The number of hydrogen-bond acceptors (Lipinski definition) is 4. The smallest absolute Gasteiger partial charge is 0.417 e. The molecule has 2 N–H and O–H groups in total. The number of carbonyl (C=O) groups excluding carboxylic acids is 2. The Morgan fingerprint density at radius 2 is 2.00 bits per heavy atom. The van der Waals surface area contributed by atoms with E-state index in [1.54, 1.807) is 12.1 Å². The summed E-state index contributed by atoms with van der Waals surface area (Å²) in [5.74, 6) is -1.26. The maximum Gasteiger partial charge on any atom is 0.417 e. The maximum atomic E-state index is 12.8. The Balaban J connectivity index is 2.30. The zero-order valence-electron chi connectivity index (χ0n) is 13.1. The van der Waals surface area contributed by atoms with Crippen LogP contribution in [-0.4, -0.2) is 48.4 Å². The zero-order valence-corrected chi connectivity index (χ0v) is 13.1. The summed E-state index contributed by atoms with van der Waals surface area (Å²) < 4.78 is 43.9. The van der Waals surface area contributed by atoms with E-state index >= 15 is 0 Å². The predicted octanol–water partition coefficient (Wildman–Crippen LogP) is 1.23. The lowest BCUT2D eigenvalue weighted by atomic mass is 10.00. The van der Waals surface area contributed by atoms with Gasteiger partial charge in [-0.1, -0.05) is 12.1 Å². The third kappa shape index (κ3) is 3.45. The van der Waals surface area contributed by atoms with Crippen LogP contribution in [0.15, 0.2) is 24.3 Å². The van der Waals surface area contributed by atoms with Crippen molar-refractivity contribution in [1.82, 2.24) is 5.32 Å². The van der Waals surface area contributed by atoms with E-state index in [9.17, 15) is 27.9 Å². The molecule has 6 nitrogen and oxygen atoms in total. The number of hydrogen-bond donors (Lipinski definition) is 2. The lowest BCUT2D eigenvalue weighted by Crippen LogP contribution is -2.53. The summed E-state index contributed by atoms with van der Waals surface area (Å²) in [5, 5.41) is 11.9. The highest BCUT2D eigenvalue weighted by atomic mass is 19.4. The van der Waals surface area contributed by atoms with Gasteiger partial charge < -0.3 is 20.1 Å². The molecule has 1 aliphatic heterocycles. The number of amides is 2. The van der Waals surface area contributed by atoms with Gasteiger partial charge in [0, 0.05) is 7.05 Å². The Bertz CT molecular complexity index is 646. The van der Waals surface area contributed by atoms with Crippen LogP contribution in [0.1, 0.15) is 13.3 Å². The fourth-order valence-corrected chi connectivity index (χ4v) is 2.26. The second kappa shape index (κ2) is 6.31. The number of alkyl halides is 3. The minimum Gasteiger partial charge on any atom is -0.477 e. The molecule has 2 atom stereocenters. The summed E-state index contributed by atoms with van der Waals surface area (Å²) >= 11 is 0. The summed E-state index contributed by atoms with van der Waals surface area (Å²) in [5.41, 5.74) is -2.92. The number of halogens is 3. The lowest BCUT2D eigenvalue weighted by molar-refractivity contribution is -0.253. The van der Waals surface area contributed by atoms with Gasteiger partial charge in [-0.25, -0.2) is 0 Å². The number of rotatable bonds is 3. The van der Waals surface area contributed by atoms with Crippen LogP contribution in [0.4, 0.5) is 18.9 Å². The molecule has 0 radical (unpaired) electrons. The first kappa shape index (κ1) is 18.1. The van der Waals surface area contributed by atoms with Gasteiger partial charge in [-0.2, -0.15) is 13.2 Å². The quantitative estimate of drug-likeness (QED) is 0.863. The predicted molar refractivity (Wildman–Crippen MR) is 78.6 cm³/mol. The minimum atomic E-state index is -4.95. The van der Waals surface area contributed by atoms with Gasteiger partial charge in [-0.15, -0.1) is 0 Å². The number of likely N-dealkylation sites (N-methyl/N-ethyl adjacent to an activating group) is 1. The Kier molecular flexibility index (Phi) is 4.75. The van der Waals surface area contributed by atoms with Gasteiger partial charge >= 0.3 is 6.18 Å². The second-order valence-electron chi connectivity index (χ2n) is 5.64. The van der Waals surface area contributed by atoms with Crippen LogP contribution in [0, 0.1) is 0 Å². The molecule has 1 heterocycles. The monoisotopic (exact) mass is 346 g/mol. The van der Waals surface area contributed by atoms with E-state index in [1.807, 2.05) is 0 Å². The van der Waals surface area contributed by atoms with Gasteiger partial charge in [0.25, 0.3) is 5.91 Å². The molecule has 0 aromatic heterocycles. The average Bonchev–Trinajstić information content (AvgIpc) is 2.51. The summed E-state index contributed by atoms with van der Waals surface area (Å²) in [6.07, 6.45) is -7.16. The Hall–Kier alpha value is -2.29. The van der Waals surface area contributed by atoms with Gasteiger partial charge in [0.05, 0.1) is 18.7 Å². The van der Waals surface area contributed by atoms with Crippen LogP contribution in [-0.2, 0) is 9.59 Å². The molecular weight excluding hydrogens is 329 g/mol. The molecule has 0 saturated carbocycles. The average molecular weight is 346 g/mol. The third-order valence-corrected chi connectivity index (χ3v) is 3.72. The van der Waals surface area contributed by atoms with Crippen LogP contribution < -0.4 is 15.0 Å². The Morgan fingerprint density at radius 1 is 1.38 bits per heavy atom. The SMILES string of the molecule is CNC(=O)[C@H]1CN(C(=O)C[C@@](C)(O)C(F)(F)F)c2ccccc2O1. The summed E-state index contributed by atoms with van der Waals surface area (Å²) in [6.45, 7) is 0.289. The Morgan fingerprint density at radius 3 is 2.58 bits per heavy atom. The highest BCUT2D eigenvalue weighted by molar-refractivity contribution is 5.97. The van der Waals surface area contributed by atoms with E-state index < -0.39 is 36.1 Å². The van der Waals surface area contributed by atoms with Gasteiger partial charge in [0.2, 0.25) is 5.91 Å². The molecule has 2 rings (SSSR count). The molecule has 0 unspecified atom stereocenters. The number of carbonyl (C=O) groups is 2. The Labute approximate surface area is 136 Å². The largest absolute Gasteiger partial charge is 0.477 e. The molecule has 0 saturated heterocycles. The third-order valence-electron chi connectivity index (χ3n) is 3.72. The van der Waals surface area contributed by atoms with Crippen molar-refractivity contribution in [2.24, 2.45) is 0 Å². The zero-order chi connectivity index (χ0) is 18.1. The number of nitrogens with one attached hydrogen (secondary N) is 1. The molecule has 0 spiro atoms. The van der Waals surface area contributed by atoms with E-state index in [-0.39, 0.29) is 18.0 Å². The fourth-order valence-electron chi connectivity index (χ4n) is 2.26. The van der Waals surface area contributed by atoms with Gasteiger partial charge in [0.1, 0.15) is 5.75 Å². The van der Waals surface area contributed by atoms with Gasteiger partial charge in [0.15, 0.2) is 11.7 Å². The first-order chi connectivity index (χ1) is 11.1. The van der Waals surface area contributed by atoms with E-state index in [4.69, 9.17) is 4.74 Å². The molecule has 132 valence electrons. The van der Waals surface area contributed by atoms with E-state index in [0.717, 1.165) is 4.90 Å². The van der Waals surface area contributed by atoms with Crippen molar-refractivity contribution in [3.05, 3.63) is 24.3 Å². The first-order valence-corrected chi connectivity index (χ1v) is 7.13. The summed E-state index contributed by atoms with van der Waals surface area (Å²) in [6, 6.07) is 6.20. The van der Waals surface area contributed by atoms with Crippen LogP contribution in [0.3, 0.4) is 0 Å². The highest BCUT2D eigenvalue weighted by Gasteiger charge is 2.52. The van der Waals surface area contributed by atoms with Crippen LogP contribution in [0.2, 0.25) is 0 Å². The molecule has 2 amide bonds. The van der Waals surface area contributed by atoms with E-state index in [1.165, 1.54) is 19.2 Å². The fraction of sp³-hybridized carbons (Fsp3) is 0.467. The molecule has 0 bridgehead atoms. The molecule has 0 fully saturated rings. The number of para-hydroxylation sites is 2. The maximum absolute atomic E-state index is 12.8. The van der Waals surface area contributed by atoms with Crippen molar-refractivity contribution in [3.8, 4) is 5.75 Å². The lowest BCUT2D eigenvalue weighted by Gasteiger charge is -2.35. The normalized spacial score (nSPS) is 19.8. The summed E-state index contributed by atoms with van der Waals surface area (Å²) in [4.78, 5) is 25.2. The molecule has 0 aliphatic carbocycles. The first-order valence-electron chi connectivity index (χ1n) is 7.13. The second-order valence-corrected chi connectivity index (χ2v) is 5.64. The topological polar surface area (TPSA) is 78.9 Å². The standard InChI is InChI=1S/C15H17F3N2O4/c1-14(23,15(16,17)18)7-12(21)20-8-11(13(22)19-2)24-10-6-4-3-5-9(10)20/h3-6,11,23H,7-8H2,1-2H3,(H,19,22)/t11-,14-/m1/s1. The highest BCUT2D eigenvalue weighted by Crippen LogP contribution is 2.37. The molecule has 9 heteroatoms. The van der Waals surface area contributed by atoms with Crippen LogP contribution in [0.5, 0.6) is 5.75 Å². The van der Waals surface area contributed by atoms with Crippen molar-refractivity contribution < 1.29 is 32.6 Å². The minimum absolute atomic E-state index is 0.206. The van der Waals surface area contributed by atoms with Crippen LogP contribution in [0.25, 0.3) is 0 Å². The van der Waals surface area contributed by atoms with Crippen molar-refractivity contribution in [1.29, 1.82) is 0 Å². The number of aliphatic hydroxyl groups is 1. The van der Waals surface area contributed by atoms with Crippen molar-refractivity contribution in [2.75, 3.05) is 18.5 Å². The van der Waals surface area contributed by atoms with Crippen molar-refractivity contribution in [2.45, 2.75) is 31.2 Å². The van der Waals surface area contributed by atoms with Gasteiger partial charge in [-0.3, -0.25) is 9.59 Å². The molecule has 1 aromatic rings. The number of ether oxygens (including phenoxy) is 1. The van der Waals surface area contributed by atoms with E-state index in [2.05, 4.69) is 5.32 Å². The molecule has 24 heavy (non-hydrogen) atoms. The summed E-state index contributed by atoms with van der Waals surface area (Å²) in [7, 11) is 1.38. The van der Waals surface area contributed by atoms with E-state index in [0.29, 0.717) is 6.92 Å². The van der Waals surface area contributed by atoms with Crippen LogP contribution >= 0.6 is 0 Å². The number of benzene rings is 1. The number of anilines is 1. The molecular formula is C15H17F3N2O4. The van der Waals surface area contributed by atoms with Gasteiger partial charge in [-0.05, 0) is 19.1 Å². The molecule has 1 aliphatic rings. The van der Waals surface area contributed by atoms with Crippen molar-refractivity contribution in [3.63, 3.8) is 0 Å². The van der Waals surface area contributed by atoms with Crippen molar-refractivity contribution >= 4 is 17.5 Å². The number of fused-ring (bicyclic) bond motifs is 1. The number of nitrogens with zero attached hydrogens (tertiary/aromatic N) is 1.